The van der Waals surface area contributed by atoms with Crippen molar-refractivity contribution in [2.45, 2.75) is 25.4 Å². The van der Waals surface area contributed by atoms with E-state index in [0.29, 0.717) is 5.71 Å². The Kier molecular flexibility index (Phi) is 3.35. The summed E-state index contributed by atoms with van der Waals surface area (Å²) in [5.74, 6) is 0. The van der Waals surface area contributed by atoms with E-state index in [4.69, 9.17) is 0 Å². The molecule has 2 rings (SSSR count). The van der Waals surface area contributed by atoms with E-state index >= 15 is 0 Å². The summed E-state index contributed by atoms with van der Waals surface area (Å²) in [5, 5.41) is 0.388. The Balaban J connectivity index is 2.36. The van der Waals surface area contributed by atoms with Gasteiger partial charge >= 0.3 is 0 Å². The van der Waals surface area contributed by atoms with Gasteiger partial charge in [-0.25, -0.2) is 0 Å². The standard InChI is InChI=1S/C15H19NOSi/c1-5-11-6-8-12(9-7-11)13-14(17)18(4)15(2,3)10-16-13/h5-9,18H,1,10H2,2-4H3. The van der Waals surface area contributed by atoms with Crippen molar-refractivity contribution >= 4 is 26.0 Å². The van der Waals surface area contributed by atoms with Gasteiger partial charge in [0.25, 0.3) is 0 Å². The molecule has 0 amide bonds. The van der Waals surface area contributed by atoms with Crippen molar-refractivity contribution in [1.29, 1.82) is 0 Å². The maximum atomic E-state index is 12.4. The molecule has 0 fully saturated rings. The van der Waals surface area contributed by atoms with E-state index in [1.807, 2.05) is 24.3 Å². The lowest BCUT2D eigenvalue weighted by Crippen LogP contribution is -2.44. The molecule has 0 aromatic heterocycles. The number of nitrogens with zero attached hydrogens (tertiary/aromatic N) is 1. The Hall–Kier alpha value is -1.48. The van der Waals surface area contributed by atoms with Crippen molar-refractivity contribution in [2.75, 3.05) is 6.54 Å². The van der Waals surface area contributed by atoms with Crippen LogP contribution in [0.15, 0.2) is 35.8 Å². The SMILES string of the molecule is C=Cc1ccc(C2=NCC(C)(C)[SiH](C)C2=O)cc1. The highest BCUT2D eigenvalue weighted by Gasteiger charge is 2.38. The van der Waals surface area contributed by atoms with Crippen LogP contribution in [0.25, 0.3) is 6.08 Å². The molecule has 18 heavy (non-hydrogen) atoms. The molecule has 0 spiro atoms. The number of rotatable bonds is 2. The van der Waals surface area contributed by atoms with Crippen LogP contribution in [-0.4, -0.2) is 26.5 Å². The summed E-state index contributed by atoms with van der Waals surface area (Å²) >= 11 is 0. The van der Waals surface area contributed by atoms with E-state index in [1.165, 1.54) is 0 Å². The minimum absolute atomic E-state index is 0.0988. The van der Waals surface area contributed by atoms with Crippen LogP contribution < -0.4 is 0 Å². The van der Waals surface area contributed by atoms with Crippen molar-refractivity contribution in [1.82, 2.24) is 0 Å². The number of carbonyl (C=O) groups is 1. The fraction of sp³-hybridized carbons (Fsp3) is 0.333. The smallest absolute Gasteiger partial charge is 0.155 e. The Bertz CT molecular complexity index is 514. The number of benzene rings is 1. The van der Waals surface area contributed by atoms with Gasteiger partial charge in [-0.1, -0.05) is 57.3 Å². The van der Waals surface area contributed by atoms with E-state index < -0.39 is 8.80 Å². The Labute approximate surface area is 110 Å². The minimum Gasteiger partial charge on any atom is -0.299 e. The monoisotopic (exact) mass is 257 g/mol. The predicted octanol–water partition coefficient (Wildman–Crippen LogP) is 2.88. The maximum Gasteiger partial charge on any atom is 0.155 e. The molecular formula is C15H19NOSi. The Morgan fingerprint density at radius 2 is 1.94 bits per heavy atom. The highest BCUT2D eigenvalue weighted by molar-refractivity contribution is 7.03. The highest BCUT2D eigenvalue weighted by atomic mass is 28.3. The summed E-state index contributed by atoms with van der Waals surface area (Å²) in [6.45, 7) is 10.9. The van der Waals surface area contributed by atoms with Crippen LogP contribution in [-0.2, 0) is 4.79 Å². The lowest BCUT2D eigenvalue weighted by Gasteiger charge is -2.32. The van der Waals surface area contributed by atoms with Gasteiger partial charge in [0.2, 0.25) is 0 Å². The van der Waals surface area contributed by atoms with E-state index in [1.54, 1.807) is 6.08 Å². The zero-order valence-electron chi connectivity index (χ0n) is 11.2. The molecule has 1 aliphatic heterocycles. The summed E-state index contributed by atoms with van der Waals surface area (Å²) in [4.78, 5) is 16.9. The molecule has 0 saturated heterocycles. The Morgan fingerprint density at radius 3 is 2.50 bits per heavy atom. The van der Waals surface area contributed by atoms with Crippen LogP contribution in [0.1, 0.15) is 25.0 Å². The summed E-state index contributed by atoms with van der Waals surface area (Å²) in [6.07, 6.45) is 1.80. The van der Waals surface area contributed by atoms with Crippen LogP contribution in [0, 0.1) is 0 Å². The molecule has 1 aliphatic rings. The number of aliphatic imine (C=N–C) groups is 1. The molecule has 1 aromatic carbocycles. The molecule has 1 atom stereocenters. The van der Waals surface area contributed by atoms with Crippen molar-refractivity contribution in [3.8, 4) is 0 Å². The lowest BCUT2D eigenvalue weighted by molar-refractivity contribution is -0.107. The molecule has 0 N–H and O–H groups in total. The molecule has 0 bridgehead atoms. The third-order valence-corrected chi connectivity index (χ3v) is 7.45. The van der Waals surface area contributed by atoms with E-state index in [9.17, 15) is 4.79 Å². The van der Waals surface area contributed by atoms with Gasteiger partial charge in [-0.05, 0) is 10.6 Å². The predicted molar refractivity (Wildman–Crippen MR) is 80.0 cm³/mol. The molecule has 0 aliphatic carbocycles. The normalized spacial score (nSPS) is 22.5. The first-order valence-corrected chi connectivity index (χ1v) is 8.58. The zero-order chi connectivity index (χ0) is 13.3. The van der Waals surface area contributed by atoms with Gasteiger partial charge in [0.1, 0.15) is 14.5 Å². The number of hydrogen-bond acceptors (Lipinski definition) is 2. The fourth-order valence-electron chi connectivity index (χ4n) is 2.07. The first kappa shape index (κ1) is 13.0. The molecule has 0 saturated carbocycles. The van der Waals surface area contributed by atoms with Crippen LogP contribution >= 0.6 is 0 Å². The van der Waals surface area contributed by atoms with E-state index in [2.05, 4.69) is 32.0 Å². The van der Waals surface area contributed by atoms with Gasteiger partial charge in [-0.2, -0.15) is 0 Å². The first-order valence-electron chi connectivity index (χ1n) is 6.27. The molecule has 1 aromatic rings. The number of hydrogen-bond donors (Lipinski definition) is 0. The van der Waals surface area contributed by atoms with Crippen molar-refractivity contribution < 1.29 is 4.79 Å². The minimum atomic E-state index is -1.43. The lowest BCUT2D eigenvalue weighted by atomic mass is 10.1. The summed E-state index contributed by atoms with van der Waals surface area (Å²) in [7, 11) is -1.43. The molecule has 0 radical (unpaired) electrons. The van der Waals surface area contributed by atoms with E-state index in [-0.39, 0.29) is 10.4 Å². The topological polar surface area (TPSA) is 29.4 Å². The van der Waals surface area contributed by atoms with Gasteiger partial charge in [0.15, 0.2) is 5.41 Å². The van der Waals surface area contributed by atoms with Crippen LogP contribution in [0.2, 0.25) is 11.6 Å². The van der Waals surface area contributed by atoms with Crippen LogP contribution in [0.3, 0.4) is 0 Å². The average molecular weight is 257 g/mol. The van der Waals surface area contributed by atoms with Gasteiger partial charge < -0.3 is 0 Å². The zero-order valence-corrected chi connectivity index (χ0v) is 12.4. The third-order valence-electron chi connectivity index (χ3n) is 3.86. The molecular weight excluding hydrogens is 238 g/mol. The third kappa shape index (κ3) is 2.23. The summed E-state index contributed by atoms with van der Waals surface area (Å²) < 4.78 is 0. The summed E-state index contributed by atoms with van der Waals surface area (Å²) in [5.41, 5.74) is 2.69. The van der Waals surface area contributed by atoms with Gasteiger partial charge in [0.05, 0.1) is 0 Å². The average Bonchev–Trinajstić information content (AvgIpc) is 2.37. The van der Waals surface area contributed by atoms with Crippen molar-refractivity contribution in [3.05, 3.63) is 42.0 Å². The van der Waals surface area contributed by atoms with Crippen molar-refractivity contribution in [2.24, 2.45) is 4.99 Å². The van der Waals surface area contributed by atoms with Crippen LogP contribution in [0.5, 0.6) is 0 Å². The second-order valence-corrected chi connectivity index (χ2v) is 9.10. The fourth-order valence-corrected chi connectivity index (χ4v) is 3.81. The number of carbonyl (C=O) groups excluding carboxylic acids is 1. The quantitative estimate of drug-likeness (QED) is 0.749. The summed E-state index contributed by atoms with van der Waals surface area (Å²) in [6, 6.07) is 7.88. The maximum absolute atomic E-state index is 12.4. The molecule has 94 valence electrons. The van der Waals surface area contributed by atoms with Crippen molar-refractivity contribution in [3.63, 3.8) is 0 Å². The second kappa shape index (κ2) is 4.65. The largest absolute Gasteiger partial charge is 0.299 e. The van der Waals surface area contributed by atoms with Gasteiger partial charge in [0, 0.05) is 12.1 Å². The molecule has 1 heterocycles. The van der Waals surface area contributed by atoms with E-state index in [0.717, 1.165) is 17.7 Å². The van der Waals surface area contributed by atoms with Gasteiger partial charge in [-0.3, -0.25) is 9.79 Å². The molecule has 3 heteroatoms. The molecule has 2 nitrogen and oxygen atoms in total. The van der Waals surface area contributed by atoms with Crippen LogP contribution in [0.4, 0.5) is 0 Å². The van der Waals surface area contributed by atoms with Gasteiger partial charge in [-0.15, -0.1) is 0 Å². The second-order valence-electron chi connectivity index (χ2n) is 5.57. The highest BCUT2D eigenvalue weighted by Crippen LogP contribution is 2.33. The first-order chi connectivity index (χ1) is 8.45. The Morgan fingerprint density at radius 1 is 1.33 bits per heavy atom. The molecule has 1 unspecified atom stereocenters.